The minimum Gasteiger partial charge on any atom is -0.109 e. The summed E-state index contributed by atoms with van der Waals surface area (Å²) in [5.41, 5.74) is 13.2. The zero-order valence-corrected chi connectivity index (χ0v) is 16.8. The Labute approximate surface area is 160 Å². The van der Waals surface area contributed by atoms with E-state index in [1.54, 1.807) is 0 Å². The molecule has 0 radical (unpaired) electrons. The molecule has 1 heteroatoms. The summed E-state index contributed by atoms with van der Waals surface area (Å²) >= 11 is 7.13. The molecule has 0 aliphatic heterocycles. The molecule has 3 aromatic carbocycles. The Morgan fingerprint density at radius 3 is 1.65 bits per heavy atom. The number of fused-ring (bicyclic) bond motifs is 6. The number of alkyl halides is 1. The summed E-state index contributed by atoms with van der Waals surface area (Å²) in [6.07, 6.45) is 0. The van der Waals surface area contributed by atoms with E-state index in [1.807, 2.05) is 0 Å². The third kappa shape index (κ3) is 1.86. The van der Waals surface area contributed by atoms with Crippen molar-refractivity contribution in [2.45, 2.75) is 44.9 Å². The highest BCUT2D eigenvalue weighted by atomic mass is 35.5. The molecular formula is C25H23Cl. The third-order valence-electron chi connectivity index (χ3n) is 6.45. The fourth-order valence-electron chi connectivity index (χ4n) is 4.93. The van der Waals surface area contributed by atoms with Crippen molar-refractivity contribution in [2.24, 2.45) is 0 Å². The highest BCUT2D eigenvalue weighted by Crippen LogP contribution is 2.57. The van der Waals surface area contributed by atoms with Gasteiger partial charge in [-0.15, -0.1) is 11.6 Å². The van der Waals surface area contributed by atoms with E-state index < -0.39 is 4.87 Å². The van der Waals surface area contributed by atoms with Crippen LogP contribution in [0.15, 0.2) is 48.5 Å². The number of hydrogen-bond acceptors (Lipinski definition) is 0. The highest BCUT2D eigenvalue weighted by molar-refractivity contribution is 6.28. The maximum atomic E-state index is 7.13. The molecule has 5 rings (SSSR count). The van der Waals surface area contributed by atoms with Gasteiger partial charge >= 0.3 is 0 Å². The molecule has 0 bridgehead atoms. The summed E-state index contributed by atoms with van der Waals surface area (Å²) in [5.74, 6) is 0. The van der Waals surface area contributed by atoms with E-state index in [2.05, 4.69) is 83.1 Å². The van der Waals surface area contributed by atoms with Crippen LogP contribution in [0.2, 0.25) is 0 Å². The Morgan fingerprint density at radius 2 is 1.00 bits per heavy atom. The Morgan fingerprint density at radius 1 is 0.577 bits per heavy atom. The zero-order chi connectivity index (χ0) is 18.4. The number of benzene rings is 3. The van der Waals surface area contributed by atoms with Crippen LogP contribution in [0.5, 0.6) is 0 Å². The van der Waals surface area contributed by atoms with E-state index in [-0.39, 0.29) is 5.41 Å². The zero-order valence-electron chi connectivity index (χ0n) is 16.0. The Kier molecular flexibility index (Phi) is 2.99. The summed E-state index contributed by atoms with van der Waals surface area (Å²) < 4.78 is 0. The molecule has 0 spiro atoms. The first-order chi connectivity index (χ1) is 12.2. The molecule has 0 aromatic heterocycles. The molecule has 3 aromatic rings. The van der Waals surface area contributed by atoms with Gasteiger partial charge in [-0.25, -0.2) is 0 Å². The summed E-state index contributed by atoms with van der Waals surface area (Å²) in [7, 11) is 0. The van der Waals surface area contributed by atoms with Crippen LogP contribution in [-0.2, 0) is 10.3 Å². The lowest BCUT2D eigenvalue weighted by Crippen LogP contribution is -2.16. The normalized spacial score (nSPS) is 21.2. The molecule has 0 N–H and O–H groups in total. The average Bonchev–Trinajstić information content (AvgIpc) is 2.93. The largest absolute Gasteiger partial charge is 0.109 e. The molecular weight excluding hydrogens is 336 g/mol. The van der Waals surface area contributed by atoms with Crippen LogP contribution in [0.4, 0.5) is 0 Å². The minimum atomic E-state index is -0.469. The monoisotopic (exact) mass is 358 g/mol. The van der Waals surface area contributed by atoms with E-state index >= 15 is 0 Å². The Hall–Kier alpha value is -2.05. The van der Waals surface area contributed by atoms with Crippen molar-refractivity contribution in [3.8, 4) is 22.3 Å². The fraction of sp³-hybridized carbons (Fsp3) is 0.280. The minimum absolute atomic E-state index is 0.0158. The van der Waals surface area contributed by atoms with E-state index in [0.717, 1.165) is 0 Å². The maximum Gasteiger partial charge on any atom is 0.0928 e. The van der Waals surface area contributed by atoms with Gasteiger partial charge in [0, 0.05) is 5.41 Å². The Balaban J connectivity index is 1.84. The molecule has 0 fully saturated rings. The van der Waals surface area contributed by atoms with Gasteiger partial charge < -0.3 is 0 Å². The summed E-state index contributed by atoms with van der Waals surface area (Å²) in [6.45, 7) is 11.1. The van der Waals surface area contributed by atoms with Gasteiger partial charge in [0.05, 0.1) is 4.87 Å². The first kappa shape index (κ1) is 16.1. The second kappa shape index (κ2) is 4.81. The van der Waals surface area contributed by atoms with Crippen molar-refractivity contribution in [3.05, 3.63) is 81.9 Å². The number of rotatable bonds is 0. The van der Waals surface area contributed by atoms with Gasteiger partial charge in [-0.05, 0) is 77.4 Å². The SMILES string of the molecule is Cc1ccc2c(c1)C(C)(C)c1cc3c(cc1-2)C(C)(Cl)c1cc(C)ccc1-3. The molecule has 26 heavy (non-hydrogen) atoms. The number of hydrogen-bond donors (Lipinski definition) is 0. The molecule has 2 aliphatic rings. The quantitative estimate of drug-likeness (QED) is 0.376. The van der Waals surface area contributed by atoms with Crippen molar-refractivity contribution < 1.29 is 0 Å². The summed E-state index contributed by atoms with van der Waals surface area (Å²) in [6, 6.07) is 18.3. The summed E-state index contributed by atoms with van der Waals surface area (Å²) in [5, 5.41) is 0. The number of aryl methyl sites for hydroxylation is 2. The topological polar surface area (TPSA) is 0 Å². The highest BCUT2D eigenvalue weighted by Gasteiger charge is 2.42. The van der Waals surface area contributed by atoms with Gasteiger partial charge in [-0.3, -0.25) is 0 Å². The van der Waals surface area contributed by atoms with E-state index in [1.165, 1.54) is 55.6 Å². The molecule has 2 aliphatic carbocycles. The van der Waals surface area contributed by atoms with Crippen molar-refractivity contribution in [3.63, 3.8) is 0 Å². The molecule has 0 amide bonds. The van der Waals surface area contributed by atoms with E-state index in [9.17, 15) is 0 Å². The molecule has 130 valence electrons. The molecule has 0 heterocycles. The van der Waals surface area contributed by atoms with Crippen LogP contribution in [-0.4, -0.2) is 0 Å². The second-order valence-electron chi connectivity index (χ2n) is 8.67. The van der Waals surface area contributed by atoms with Crippen molar-refractivity contribution in [1.82, 2.24) is 0 Å². The maximum absolute atomic E-state index is 7.13. The van der Waals surface area contributed by atoms with E-state index in [4.69, 9.17) is 11.6 Å². The number of halogens is 1. The van der Waals surface area contributed by atoms with Crippen LogP contribution in [0.1, 0.15) is 54.2 Å². The van der Waals surface area contributed by atoms with Gasteiger partial charge in [0.1, 0.15) is 0 Å². The lowest BCUT2D eigenvalue weighted by Gasteiger charge is -2.23. The predicted octanol–water partition coefficient (Wildman–Crippen LogP) is 7.09. The first-order valence-corrected chi connectivity index (χ1v) is 9.70. The molecule has 0 saturated heterocycles. The Bertz CT molecular complexity index is 1010. The smallest absolute Gasteiger partial charge is 0.0928 e. The van der Waals surface area contributed by atoms with Crippen molar-refractivity contribution in [2.75, 3.05) is 0 Å². The van der Waals surface area contributed by atoms with Gasteiger partial charge in [-0.1, -0.05) is 61.4 Å². The lowest BCUT2D eigenvalue weighted by molar-refractivity contribution is 0.659. The average molecular weight is 359 g/mol. The van der Waals surface area contributed by atoms with Crippen LogP contribution >= 0.6 is 11.6 Å². The van der Waals surface area contributed by atoms with Gasteiger partial charge in [-0.2, -0.15) is 0 Å². The standard InChI is InChI=1S/C25H23Cl/c1-14-6-8-16-18-13-23-19(12-21(18)24(3,4)20(16)10-14)17-9-7-15(2)11-22(17)25(23,5)26/h6-13H,1-5H3. The van der Waals surface area contributed by atoms with Crippen molar-refractivity contribution in [1.29, 1.82) is 0 Å². The second-order valence-corrected chi connectivity index (χ2v) is 9.43. The van der Waals surface area contributed by atoms with Crippen LogP contribution in [0.25, 0.3) is 22.3 Å². The predicted molar refractivity (Wildman–Crippen MR) is 111 cm³/mol. The van der Waals surface area contributed by atoms with Crippen LogP contribution in [0.3, 0.4) is 0 Å². The van der Waals surface area contributed by atoms with Crippen molar-refractivity contribution >= 4 is 11.6 Å². The fourth-order valence-corrected chi connectivity index (χ4v) is 5.25. The molecule has 1 atom stereocenters. The summed E-state index contributed by atoms with van der Waals surface area (Å²) in [4.78, 5) is -0.469. The van der Waals surface area contributed by atoms with Crippen LogP contribution < -0.4 is 0 Å². The van der Waals surface area contributed by atoms with Gasteiger partial charge in [0.2, 0.25) is 0 Å². The van der Waals surface area contributed by atoms with Crippen LogP contribution in [0, 0.1) is 13.8 Å². The third-order valence-corrected chi connectivity index (χ3v) is 6.85. The first-order valence-electron chi connectivity index (χ1n) is 9.32. The van der Waals surface area contributed by atoms with Gasteiger partial charge in [0.15, 0.2) is 0 Å². The molecule has 0 nitrogen and oxygen atoms in total. The molecule has 1 unspecified atom stereocenters. The molecule has 0 saturated carbocycles. The lowest BCUT2D eigenvalue weighted by atomic mass is 9.81. The van der Waals surface area contributed by atoms with Gasteiger partial charge in [0.25, 0.3) is 0 Å². The van der Waals surface area contributed by atoms with E-state index in [0.29, 0.717) is 0 Å².